The Morgan fingerprint density at radius 1 is 1.06 bits per heavy atom. The lowest BCUT2D eigenvalue weighted by molar-refractivity contribution is 0.401. The molecule has 0 saturated carbocycles. The van der Waals surface area contributed by atoms with Gasteiger partial charge in [0, 0.05) is 12.6 Å². The van der Waals surface area contributed by atoms with Gasteiger partial charge in [0.15, 0.2) is 11.5 Å². The van der Waals surface area contributed by atoms with Crippen LogP contribution < -0.4 is 5.32 Å². The van der Waals surface area contributed by atoms with Crippen molar-refractivity contribution in [2.45, 2.75) is 58.5 Å². The number of phenols is 2. The SMILES string of the molecule is CCCCC(CCC)NCc1ccc(O)c(O)c1. The van der Waals surface area contributed by atoms with Crippen LogP contribution in [0.3, 0.4) is 0 Å². The van der Waals surface area contributed by atoms with E-state index in [-0.39, 0.29) is 11.5 Å². The van der Waals surface area contributed by atoms with Crippen LogP contribution in [0, 0.1) is 0 Å². The molecule has 0 radical (unpaired) electrons. The first-order chi connectivity index (χ1) is 8.67. The van der Waals surface area contributed by atoms with Crippen molar-refractivity contribution < 1.29 is 10.2 Å². The van der Waals surface area contributed by atoms with Crippen LogP contribution in [0.1, 0.15) is 51.5 Å². The van der Waals surface area contributed by atoms with Crippen LogP contribution in [-0.2, 0) is 6.54 Å². The van der Waals surface area contributed by atoms with Crippen molar-refractivity contribution in [3.05, 3.63) is 23.8 Å². The highest BCUT2D eigenvalue weighted by molar-refractivity contribution is 5.40. The van der Waals surface area contributed by atoms with Crippen molar-refractivity contribution in [1.29, 1.82) is 0 Å². The Bertz CT molecular complexity index is 352. The molecule has 1 aromatic carbocycles. The molecule has 1 unspecified atom stereocenters. The highest BCUT2D eigenvalue weighted by Gasteiger charge is 2.07. The largest absolute Gasteiger partial charge is 0.504 e. The van der Waals surface area contributed by atoms with Gasteiger partial charge in [0.05, 0.1) is 0 Å². The molecule has 102 valence electrons. The van der Waals surface area contributed by atoms with E-state index in [1.165, 1.54) is 38.2 Å². The quantitative estimate of drug-likeness (QED) is 0.619. The number of benzene rings is 1. The lowest BCUT2D eigenvalue weighted by Gasteiger charge is -2.18. The van der Waals surface area contributed by atoms with Crippen LogP contribution >= 0.6 is 0 Å². The zero-order chi connectivity index (χ0) is 13.4. The molecule has 0 aliphatic rings. The normalized spacial score (nSPS) is 12.6. The van der Waals surface area contributed by atoms with E-state index >= 15 is 0 Å². The molecular weight excluding hydrogens is 226 g/mol. The van der Waals surface area contributed by atoms with E-state index in [0.717, 1.165) is 12.1 Å². The second-order valence-corrected chi connectivity index (χ2v) is 4.83. The van der Waals surface area contributed by atoms with Crippen LogP contribution in [0.4, 0.5) is 0 Å². The van der Waals surface area contributed by atoms with E-state index in [1.807, 2.05) is 6.07 Å². The standard InChI is InChI=1S/C15H25NO2/c1-3-5-7-13(6-4-2)16-11-12-8-9-14(17)15(18)10-12/h8-10,13,16-18H,3-7,11H2,1-2H3. The summed E-state index contributed by atoms with van der Waals surface area (Å²) in [4.78, 5) is 0. The van der Waals surface area contributed by atoms with Gasteiger partial charge in [-0.1, -0.05) is 39.2 Å². The third-order valence-corrected chi connectivity index (χ3v) is 3.18. The molecule has 0 heterocycles. The van der Waals surface area contributed by atoms with Gasteiger partial charge >= 0.3 is 0 Å². The average Bonchev–Trinajstić information content (AvgIpc) is 2.37. The number of nitrogens with one attached hydrogen (secondary N) is 1. The number of phenolic OH excluding ortho intramolecular Hbond substituents is 2. The molecule has 1 aromatic rings. The molecular formula is C15H25NO2. The summed E-state index contributed by atoms with van der Waals surface area (Å²) in [6.07, 6.45) is 6.04. The van der Waals surface area contributed by atoms with Gasteiger partial charge in [0.25, 0.3) is 0 Å². The van der Waals surface area contributed by atoms with Gasteiger partial charge in [-0.25, -0.2) is 0 Å². The van der Waals surface area contributed by atoms with Gasteiger partial charge in [0.2, 0.25) is 0 Å². The number of unbranched alkanes of at least 4 members (excludes halogenated alkanes) is 1. The predicted octanol–water partition coefficient (Wildman–Crippen LogP) is 3.55. The van der Waals surface area contributed by atoms with Crippen molar-refractivity contribution >= 4 is 0 Å². The van der Waals surface area contributed by atoms with Crippen LogP contribution in [0.15, 0.2) is 18.2 Å². The van der Waals surface area contributed by atoms with Gasteiger partial charge in [-0.3, -0.25) is 0 Å². The van der Waals surface area contributed by atoms with E-state index in [9.17, 15) is 10.2 Å². The highest BCUT2D eigenvalue weighted by atomic mass is 16.3. The zero-order valence-corrected chi connectivity index (χ0v) is 11.4. The Morgan fingerprint density at radius 2 is 1.83 bits per heavy atom. The molecule has 1 rings (SSSR count). The summed E-state index contributed by atoms with van der Waals surface area (Å²) in [5.74, 6) is -0.107. The maximum atomic E-state index is 9.43. The fourth-order valence-corrected chi connectivity index (χ4v) is 2.09. The van der Waals surface area contributed by atoms with Gasteiger partial charge in [-0.05, 0) is 30.5 Å². The molecule has 18 heavy (non-hydrogen) atoms. The highest BCUT2D eigenvalue weighted by Crippen LogP contribution is 2.24. The molecule has 0 aliphatic carbocycles. The summed E-state index contributed by atoms with van der Waals surface area (Å²) in [7, 11) is 0. The van der Waals surface area contributed by atoms with E-state index in [0.29, 0.717) is 6.04 Å². The molecule has 0 aliphatic heterocycles. The van der Waals surface area contributed by atoms with Crippen LogP contribution in [-0.4, -0.2) is 16.3 Å². The fraction of sp³-hybridized carbons (Fsp3) is 0.600. The number of hydrogen-bond donors (Lipinski definition) is 3. The minimum Gasteiger partial charge on any atom is -0.504 e. The first-order valence-corrected chi connectivity index (χ1v) is 6.91. The fourth-order valence-electron chi connectivity index (χ4n) is 2.09. The first kappa shape index (κ1) is 14.8. The van der Waals surface area contributed by atoms with Crippen LogP contribution in [0.2, 0.25) is 0 Å². The summed E-state index contributed by atoms with van der Waals surface area (Å²) in [5.41, 5.74) is 1.00. The Balaban J connectivity index is 2.47. The molecule has 0 aromatic heterocycles. The Hall–Kier alpha value is -1.22. The predicted molar refractivity (Wildman–Crippen MR) is 74.8 cm³/mol. The monoisotopic (exact) mass is 251 g/mol. The van der Waals surface area contributed by atoms with Crippen molar-refractivity contribution in [1.82, 2.24) is 5.32 Å². The zero-order valence-electron chi connectivity index (χ0n) is 11.4. The van der Waals surface area contributed by atoms with Gasteiger partial charge in [0.1, 0.15) is 0 Å². The van der Waals surface area contributed by atoms with Gasteiger partial charge in [-0.15, -0.1) is 0 Å². The van der Waals surface area contributed by atoms with Gasteiger partial charge < -0.3 is 15.5 Å². The van der Waals surface area contributed by atoms with E-state index in [4.69, 9.17) is 0 Å². The van der Waals surface area contributed by atoms with Crippen molar-refractivity contribution in [3.8, 4) is 11.5 Å². The Kier molecular flexibility index (Phi) is 6.58. The maximum Gasteiger partial charge on any atom is 0.157 e. The molecule has 0 amide bonds. The lowest BCUT2D eigenvalue weighted by Crippen LogP contribution is -2.28. The molecule has 0 bridgehead atoms. The van der Waals surface area contributed by atoms with E-state index < -0.39 is 0 Å². The lowest BCUT2D eigenvalue weighted by atomic mass is 10.0. The summed E-state index contributed by atoms with van der Waals surface area (Å²) in [6, 6.07) is 5.54. The summed E-state index contributed by atoms with van der Waals surface area (Å²) >= 11 is 0. The van der Waals surface area contributed by atoms with Crippen molar-refractivity contribution in [3.63, 3.8) is 0 Å². The van der Waals surface area contributed by atoms with Crippen molar-refractivity contribution in [2.24, 2.45) is 0 Å². The van der Waals surface area contributed by atoms with E-state index in [2.05, 4.69) is 19.2 Å². The minimum atomic E-state index is -0.0603. The second-order valence-electron chi connectivity index (χ2n) is 4.83. The molecule has 3 nitrogen and oxygen atoms in total. The minimum absolute atomic E-state index is 0.0464. The van der Waals surface area contributed by atoms with Crippen LogP contribution in [0.25, 0.3) is 0 Å². The van der Waals surface area contributed by atoms with Crippen LogP contribution in [0.5, 0.6) is 11.5 Å². The van der Waals surface area contributed by atoms with Crippen molar-refractivity contribution in [2.75, 3.05) is 0 Å². The summed E-state index contributed by atoms with van der Waals surface area (Å²) in [6.45, 7) is 5.15. The number of aromatic hydroxyl groups is 2. The molecule has 0 fully saturated rings. The van der Waals surface area contributed by atoms with E-state index in [1.54, 1.807) is 6.07 Å². The van der Waals surface area contributed by atoms with Gasteiger partial charge in [-0.2, -0.15) is 0 Å². The Morgan fingerprint density at radius 3 is 2.44 bits per heavy atom. The molecule has 0 spiro atoms. The molecule has 1 atom stereocenters. The smallest absolute Gasteiger partial charge is 0.157 e. The molecule has 3 N–H and O–H groups in total. The second kappa shape index (κ2) is 7.98. The first-order valence-electron chi connectivity index (χ1n) is 6.91. The average molecular weight is 251 g/mol. The topological polar surface area (TPSA) is 52.5 Å². The Labute approximate surface area is 110 Å². The number of rotatable bonds is 8. The maximum absolute atomic E-state index is 9.43. The number of hydrogen-bond acceptors (Lipinski definition) is 3. The molecule has 0 saturated heterocycles. The summed E-state index contributed by atoms with van der Waals surface area (Å²) < 4.78 is 0. The summed E-state index contributed by atoms with van der Waals surface area (Å²) in [5, 5.41) is 22.2. The third kappa shape index (κ3) is 4.96. The molecule has 3 heteroatoms. The third-order valence-electron chi connectivity index (χ3n) is 3.18.